The molecule has 0 fully saturated rings. The van der Waals surface area contributed by atoms with E-state index in [2.05, 4.69) is 5.43 Å². The van der Waals surface area contributed by atoms with Gasteiger partial charge in [0.15, 0.2) is 0 Å². The Morgan fingerprint density at radius 1 is 1.29 bits per heavy atom. The van der Waals surface area contributed by atoms with Crippen LogP contribution in [0.2, 0.25) is 0 Å². The van der Waals surface area contributed by atoms with Crippen molar-refractivity contribution >= 4 is 15.7 Å². The van der Waals surface area contributed by atoms with E-state index >= 15 is 0 Å². The van der Waals surface area contributed by atoms with Gasteiger partial charge in [-0.3, -0.25) is 5.84 Å². The Morgan fingerprint density at radius 3 is 2.12 bits per heavy atom. The minimum atomic E-state index is -3.41. The van der Waals surface area contributed by atoms with Gasteiger partial charge in [-0.15, -0.1) is 0 Å². The predicted octanol–water partition coefficient (Wildman–Crippen LogP) is 1.23. The molecule has 0 spiro atoms. The largest absolute Gasteiger partial charge is 0.324 e. The zero-order valence-electron chi connectivity index (χ0n) is 10.6. The molecule has 3 N–H and O–H groups in total. The zero-order valence-corrected chi connectivity index (χ0v) is 11.4. The fraction of sp³-hybridized carbons (Fsp3) is 0.455. The minimum absolute atomic E-state index is 0.362. The van der Waals surface area contributed by atoms with Crippen LogP contribution in [-0.4, -0.2) is 26.3 Å². The number of aryl methyl sites for hydroxylation is 2. The van der Waals surface area contributed by atoms with E-state index in [0.717, 1.165) is 0 Å². The van der Waals surface area contributed by atoms with Gasteiger partial charge in [0, 0.05) is 19.3 Å². The number of rotatable bonds is 4. The lowest BCUT2D eigenvalue weighted by molar-refractivity contribution is 0.485. The first-order valence-electron chi connectivity index (χ1n) is 5.38. The number of hydrazine groups is 1. The summed E-state index contributed by atoms with van der Waals surface area (Å²) in [6.45, 7) is 5.78. The number of benzene rings is 1. The Balaban J connectivity index is 3.43. The molecule has 0 bridgehead atoms. The number of hydrogen-bond acceptors (Lipinski definition) is 4. The number of sulfonamides is 1. The van der Waals surface area contributed by atoms with Crippen molar-refractivity contribution in [3.63, 3.8) is 0 Å². The standard InChI is InChI=1S/C11H19N3O2S/c1-5-14(4)17(15,16)11-8(2)6-10(13-12)7-9(11)3/h6-7,13H,5,12H2,1-4H3. The molecule has 0 atom stereocenters. The molecule has 0 radical (unpaired) electrons. The van der Waals surface area contributed by atoms with Crippen LogP contribution < -0.4 is 11.3 Å². The first-order chi connectivity index (χ1) is 7.84. The fourth-order valence-electron chi connectivity index (χ4n) is 1.77. The highest BCUT2D eigenvalue weighted by Crippen LogP contribution is 2.26. The monoisotopic (exact) mass is 257 g/mol. The van der Waals surface area contributed by atoms with Crippen molar-refractivity contribution in [2.75, 3.05) is 19.0 Å². The molecule has 0 aromatic heterocycles. The van der Waals surface area contributed by atoms with Gasteiger partial charge in [0.25, 0.3) is 0 Å². The SMILES string of the molecule is CCN(C)S(=O)(=O)c1c(C)cc(NN)cc1C. The van der Waals surface area contributed by atoms with Crippen LogP contribution in [0.25, 0.3) is 0 Å². The van der Waals surface area contributed by atoms with Crippen LogP contribution in [0.3, 0.4) is 0 Å². The topological polar surface area (TPSA) is 75.4 Å². The molecular formula is C11H19N3O2S. The molecule has 0 saturated carbocycles. The summed E-state index contributed by atoms with van der Waals surface area (Å²) in [5, 5.41) is 0. The summed E-state index contributed by atoms with van der Waals surface area (Å²) in [7, 11) is -1.84. The number of hydrogen-bond donors (Lipinski definition) is 2. The lowest BCUT2D eigenvalue weighted by Gasteiger charge is -2.19. The Morgan fingerprint density at radius 2 is 1.76 bits per heavy atom. The molecule has 17 heavy (non-hydrogen) atoms. The van der Waals surface area contributed by atoms with Crippen LogP contribution in [0, 0.1) is 13.8 Å². The summed E-state index contributed by atoms with van der Waals surface area (Å²) in [5.74, 6) is 5.32. The Labute approximate surface area is 103 Å². The maximum Gasteiger partial charge on any atom is 0.243 e. The molecule has 1 aromatic carbocycles. The van der Waals surface area contributed by atoms with E-state index in [4.69, 9.17) is 5.84 Å². The van der Waals surface area contributed by atoms with Crippen LogP contribution >= 0.6 is 0 Å². The van der Waals surface area contributed by atoms with Gasteiger partial charge in [-0.2, -0.15) is 0 Å². The van der Waals surface area contributed by atoms with Gasteiger partial charge in [-0.25, -0.2) is 12.7 Å². The Hall–Kier alpha value is -1.11. The summed E-state index contributed by atoms with van der Waals surface area (Å²) < 4.78 is 25.9. The minimum Gasteiger partial charge on any atom is -0.324 e. The van der Waals surface area contributed by atoms with Crippen molar-refractivity contribution in [3.05, 3.63) is 23.3 Å². The third kappa shape index (κ3) is 2.59. The van der Waals surface area contributed by atoms with E-state index in [0.29, 0.717) is 28.3 Å². The molecule has 1 rings (SSSR count). The first-order valence-corrected chi connectivity index (χ1v) is 6.82. The van der Waals surface area contributed by atoms with Gasteiger partial charge in [0.05, 0.1) is 4.90 Å². The smallest absolute Gasteiger partial charge is 0.243 e. The van der Waals surface area contributed by atoms with Crippen LogP contribution in [0.4, 0.5) is 5.69 Å². The zero-order chi connectivity index (χ0) is 13.2. The third-order valence-electron chi connectivity index (χ3n) is 2.74. The Bertz CT molecular complexity index is 488. The maximum atomic E-state index is 12.3. The van der Waals surface area contributed by atoms with Gasteiger partial charge >= 0.3 is 0 Å². The van der Waals surface area contributed by atoms with Gasteiger partial charge in [0.2, 0.25) is 10.0 Å². The molecule has 1 aromatic rings. The van der Waals surface area contributed by atoms with E-state index in [9.17, 15) is 8.42 Å². The number of nitrogen functional groups attached to an aromatic ring is 1. The van der Waals surface area contributed by atoms with Crippen molar-refractivity contribution in [1.82, 2.24) is 4.31 Å². The summed E-state index contributed by atoms with van der Waals surface area (Å²) in [6.07, 6.45) is 0. The van der Waals surface area contributed by atoms with Crippen molar-refractivity contribution in [1.29, 1.82) is 0 Å². The molecule has 0 aliphatic carbocycles. The molecule has 5 nitrogen and oxygen atoms in total. The highest BCUT2D eigenvalue weighted by atomic mass is 32.2. The van der Waals surface area contributed by atoms with Crippen molar-refractivity contribution in [3.8, 4) is 0 Å². The summed E-state index contributed by atoms with van der Waals surface area (Å²) in [6, 6.07) is 3.45. The van der Waals surface area contributed by atoms with E-state index in [1.165, 1.54) is 4.31 Å². The van der Waals surface area contributed by atoms with Gasteiger partial charge in [-0.1, -0.05) is 6.92 Å². The summed E-state index contributed by atoms with van der Waals surface area (Å²) >= 11 is 0. The maximum absolute atomic E-state index is 12.3. The van der Waals surface area contributed by atoms with Gasteiger partial charge in [-0.05, 0) is 37.1 Å². The Kier molecular flexibility index (Phi) is 4.13. The molecule has 96 valence electrons. The van der Waals surface area contributed by atoms with Crippen LogP contribution in [0.1, 0.15) is 18.1 Å². The van der Waals surface area contributed by atoms with Crippen LogP contribution in [0.5, 0.6) is 0 Å². The van der Waals surface area contributed by atoms with Gasteiger partial charge in [0.1, 0.15) is 0 Å². The number of nitrogens with zero attached hydrogens (tertiary/aromatic N) is 1. The molecule has 0 unspecified atom stereocenters. The fourth-order valence-corrected chi connectivity index (χ4v) is 3.35. The van der Waals surface area contributed by atoms with Crippen LogP contribution in [0.15, 0.2) is 17.0 Å². The molecule has 0 saturated heterocycles. The second-order valence-corrected chi connectivity index (χ2v) is 5.98. The average molecular weight is 257 g/mol. The highest BCUT2D eigenvalue weighted by molar-refractivity contribution is 7.89. The quantitative estimate of drug-likeness (QED) is 0.628. The third-order valence-corrected chi connectivity index (χ3v) is 4.98. The molecular weight excluding hydrogens is 238 g/mol. The van der Waals surface area contributed by atoms with Crippen molar-refractivity contribution in [2.45, 2.75) is 25.7 Å². The molecule has 0 heterocycles. The lowest BCUT2D eigenvalue weighted by atomic mass is 10.1. The summed E-state index contributed by atoms with van der Waals surface area (Å²) in [5.41, 5.74) is 4.61. The predicted molar refractivity (Wildman–Crippen MR) is 69.2 cm³/mol. The van der Waals surface area contributed by atoms with Crippen molar-refractivity contribution < 1.29 is 8.42 Å². The van der Waals surface area contributed by atoms with E-state index in [1.807, 2.05) is 0 Å². The second kappa shape index (κ2) is 5.03. The number of nitrogens with two attached hydrogens (primary N) is 1. The van der Waals surface area contributed by atoms with E-state index < -0.39 is 10.0 Å². The summed E-state index contributed by atoms with van der Waals surface area (Å²) in [4.78, 5) is 0.362. The van der Waals surface area contributed by atoms with Crippen LogP contribution in [-0.2, 0) is 10.0 Å². The second-order valence-electron chi connectivity index (χ2n) is 4.00. The van der Waals surface area contributed by atoms with Gasteiger partial charge < -0.3 is 5.43 Å². The molecule has 0 amide bonds. The molecule has 0 aliphatic heterocycles. The van der Waals surface area contributed by atoms with Crippen molar-refractivity contribution in [2.24, 2.45) is 5.84 Å². The highest BCUT2D eigenvalue weighted by Gasteiger charge is 2.23. The molecule has 6 heteroatoms. The number of anilines is 1. The normalized spacial score (nSPS) is 11.9. The van der Waals surface area contributed by atoms with E-state index in [1.54, 1.807) is 40.0 Å². The molecule has 0 aliphatic rings. The number of nitrogens with one attached hydrogen (secondary N) is 1. The van der Waals surface area contributed by atoms with E-state index in [-0.39, 0.29) is 0 Å². The lowest BCUT2D eigenvalue weighted by Crippen LogP contribution is -2.28. The average Bonchev–Trinajstić information content (AvgIpc) is 2.26. The first kappa shape index (κ1) is 14.0.